The van der Waals surface area contributed by atoms with E-state index >= 15 is 0 Å². The molecule has 205 valence electrons. The van der Waals surface area contributed by atoms with Crippen molar-refractivity contribution < 1.29 is 0 Å². The van der Waals surface area contributed by atoms with Crippen LogP contribution in [0, 0.1) is 6.92 Å². The van der Waals surface area contributed by atoms with Gasteiger partial charge in [-0.1, -0.05) is 110 Å². The van der Waals surface area contributed by atoms with Crippen molar-refractivity contribution in [3.05, 3.63) is 125 Å². The Bertz CT molecular complexity index is 2340. The molecule has 0 amide bonds. The standard InChI is InChI=1S/C39H30BN2S/c1-22-19-26(29-15-8-9-18-39(29)21-27-23-11-4-6-14-28(23)38(2,3)37(27)41-39)33-31(20-22)42-34-25(13-10-16-30(34)40-33)36-35(42)24-12-5-7-17-32(24)43-36/h4-17,19-20,41H,18,21H2,1-3H3. The molecule has 1 radical (unpaired) electrons. The van der Waals surface area contributed by atoms with E-state index in [9.17, 15) is 0 Å². The summed E-state index contributed by atoms with van der Waals surface area (Å²) >= 11 is 1.92. The van der Waals surface area contributed by atoms with Crippen LogP contribution < -0.4 is 16.2 Å². The Balaban J connectivity index is 1.21. The third-order valence-electron chi connectivity index (χ3n) is 10.5. The number of rotatable bonds is 1. The maximum atomic E-state index is 4.20. The van der Waals surface area contributed by atoms with Crippen LogP contribution in [0.5, 0.6) is 0 Å². The number of hydrogen-bond acceptors (Lipinski definition) is 2. The van der Waals surface area contributed by atoms with Crippen molar-refractivity contribution in [3.8, 4) is 5.69 Å². The molecule has 43 heavy (non-hydrogen) atoms. The molecule has 0 bridgehead atoms. The average Bonchev–Trinajstić information content (AvgIpc) is 3.73. The first kappa shape index (κ1) is 24.2. The highest BCUT2D eigenvalue weighted by molar-refractivity contribution is 7.26. The van der Waals surface area contributed by atoms with Crippen molar-refractivity contribution in [1.29, 1.82) is 0 Å². The fourth-order valence-electron chi connectivity index (χ4n) is 8.67. The first-order chi connectivity index (χ1) is 20.9. The van der Waals surface area contributed by atoms with Crippen molar-refractivity contribution in [2.75, 3.05) is 0 Å². The summed E-state index contributed by atoms with van der Waals surface area (Å²) in [5, 5.41) is 6.90. The maximum Gasteiger partial charge on any atom is 0.197 e. The smallest absolute Gasteiger partial charge is 0.197 e. The summed E-state index contributed by atoms with van der Waals surface area (Å²) in [6, 6.07) is 29.6. The van der Waals surface area contributed by atoms with Crippen molar-refractivity contribution in [1.82, 2.24) is 9.88 Å². The van der Waals surface area contributed by atoms with E-state index in [0.717, 1.165) is 12.8 Å². The Morgan fingerprint density at radius 2 is 1.72 bits per heavy atom. The summed E-state index contributed by atoms with van der Waals surface area (Å²) in [5.41, 5.74) is 16.3. The Morgan fingerprint density at radius 1 is 0.884 bits per heavy atom. The molecule has 6 aromatic rings. The molecule has 10 rings (SSSR count). The topological polar surface area (TPSA) is 17.0 Å². The molecule has 4 aliphatic rings. The lowest BCUT2D eigenvalue weighted by Crippen LogP contribution is -2.47. The lowest BCUT2D eigenvalue weighted by molar-refractivity contribution is 0.455. The first-order valence-corrected chi connectivity index (χ1v) is 16.2. The van der Waals surface area contributed by atoms with Gasteiger partial charge < -0.3 is 9.88 Å². The van der Waals surface area contributed by atoms with Gasteiger partial charge in [0.15, 0.2) is 7.28 Å². The van der Waals surface area contributed by atoms with Gasteiger partial charge in [0.1, 0.15) is 0 Å². The molecule has 2 aromatic heterocycles. The summed E-state index contributed by atoms with van der Waals surface area (Å²) in [7, 11) is 2.46. The van der Waals surface area contributed by atoms with E-state index in [2.05, 4.69) is 135 Å². The van der Waals surface area contributed by atoms with Gasteiger partial charge in [-0.3, -0.25) is 0 Å². The normalized spacial score (nSPS) is 20.9. The minimum absolute atomic E-state index is 0.0266. The summed E-state index contributed by atoms with van der Waals surface area (Å²) in [4.78, 5) is 0. The Hall–Kier alpha value is -4.28. The van der Waals surface area contributed by atoms with Crippen molar-refractivity contribution in [2.45, 2.75) is 44.6 Å². The van der Waals surface area contributed by atoms with Gasteiger partial charge in [-0.05, 0) is 58.9 Å². The number of benzene rings is 4. The maximum absolute atomic E-state index is 4.20. The number of hydrogen-bond donors (Lipinski definition) is 1. The van der Waals surface area contributed by atoms with Gasteiger partial charge >= 0.3 is 0 Å². The zero-order chi connectivity index (χ0) is 28.7. The molecular weight excluding hydrogens is 539 g/mol. The lowest BCUT2D eigenvalue weighted by atomic mass is 9.57. The quantitative estimate of drug-likeness (QED) is 0.198. The van der Waals surface area contributed by atoms with Crippen LogP contribution in [0.1, 0.15) is 48.9 Å². The number of para-hydroxylation sites is 1. The molecule has 0 saturated carbocycles. The molecule has 4 aromatic carbocycles. The first-order valence-electron chi connectivity index (χ1n) is 15.4. The molecule has 0 saturated heterocycles. The number of aromatic nitrogens is 1. The average molecular weight is 570 g/mol. The molecule has 1 atom stereocenters. The fourth-order valence-corrected chi connectivity index (χ4v) is 9.88. The van der Waals surface area contributed by atoms with Gasteiger partial charge in [-0.2, -0.15) is 0 Å². The second kappa shape index (κ2) is 8.01. The molecule has 0 fully saturated rings. The van der Waals surface area contributed by atoms with Crippen LogP contribution in [0.25, 0.3) is 48.0 Å². The van der Waals surface area contributed by atoms with E-state index in [0.29, 0.717) is 0 Å². The highest BCUT2D eigenvalue weighted by Gasteiger charge is 2.50. The molecular formula is C39H30BN2S. The van der Waals surface area contributed by atoms with Crippen molar-refractivity contribution in [2.24, 2.45) is 0 Å². The van der Waals surface area contributed by atoms with Crippen LogP contribution in [-0.4, -0.2) is 17.4 Å². The van der Waals surface area contributed by atoms with Crippen molar-refractivity contribution >= 4 is 71.9 Å². The molecule has 4 heteroatoms. The summed E-state index contributed by atoms with van der Waals surface area (Å²) in [6.45, 7) is 7.03. The third kappa shape index (κ3) is 2.95. The van der Waals surface area contributed by atoms with E-state index in [-0.39, 0.29) is 11.0 Å². The van der Waals surface area contributed by atoms with E-state index in [1.807, 2.05) is 11.3 Å². The molecule has 2 nitrogen and oxygen atoms in total. The van der Waals surface area contributed by atoms with Gasteiger partial charge in [-0.25, -0.2) is 0 Å². The minimum atomic E-state index is -0.160. The number of nitrogens with zero attached hydrogens (tertiary/aromatic N) is 1. The van der Waals surface area contributed by atoms with Crippen LogP contribution in [0.4, 0.5) is 0 Å². The number of thiophene rings is 1. The van der Waals surface area contributed by atoms with Gasteiger partial charge in [0.25, 0.3) is 0 Å². The van der Waals surface area contributed by atoms with Gasteiger partial charge in [0.2, 0.25) is 0 Å². The number of fused-ring (bicyclic) bond motifs is 9. The largest absolute Gasteiger partial charge is 0.377 e. The van der Waals surface area contributed by atoms with E-state index in [1.165, 1.54) is 86.9 Å². The molecule has 1 unspecified atom stereocenters. The van der Waals surface area contributed by atoms with E-state index in [1.54, 1.807) is 0 Å². The highest BCUT2D eigenvalue weighted by Crippen LogP contribution is 2.55. The predicted molar refractivity (Wildman–Crippen MR) is 185 cm³/mol. The lowest BCUT2D eigenvalue weighted by Gasteiger charge is -2.40. The predicted octanol–water partition coefficient (Wildman–Crippen LogP) is 8.05. The second-order valence-corrected chi connectivity index (χ2v) is 14.4. The van der Waals surface area contributed by atoms with E-state index < -0.39 is 0 Å². The SMILES string of the molecule is Cc1cc(C2=CC=CCC23CC2=C(N3)C(C)(C)c3ccccc32)c2c(c1)-n1c3c(cccc3c3sc4ccccc4c31)[B]2. The van der Waals surface area contributed by atoms with Gasteiger partial charge in [0, 0.05) is 44.2 Å². The number of nitrogens with one attached hydrogen (secondary N) is 1. The molecule has 1 spiro atoms. The summed E-state index contributed by atoms with van der Waals surface area (Å²) < 4.78 is 5.32. The Morgan fingerprint density at radius 3 is 2.65 bits per heavy atom. The van der Waals surface area contributed by atoms with Crippen LogP contribution in [0.3, 0.4) is 0 Å². The summed E-state index contributed by atoms with van der Waals surface area (Å²) in [6.07, 6.45) is 9.01. The van der Waals surface area contributed by atoms with Crippen LogP contribution in [0.15, 0.2) is 103 Å². The van der Waals surface area contributed by atoms with Crippen LogP contribution >= 0.6 is 11.3 Å². The van der Waals surface area contributed by atoms with Crippen LogP contribution in [0.2, 0.25) is 0 Å². The minimum Gasteiger partial charge on any atom is -0.377 e. The molecule has 4 heterocycles. The van der Waals surface area contributed by atoms with Crippen LogP contribution in [-0.2, 0) is 5.41 Å². The number of allylic oxidation sites excluding steroid dienone is 3. The fraction of sp³-hybridized carbons (Fsp3) is 0.179. The molecule has 2 aliphatic carbocycles. The Labute approximate surface area is 256 Å². The number of aryl methyl sites for hydroxylation is 1. The zero-order valence-corrected chi connectivity index (χ0v) is 25.4. The van der Waals surface area contributed by atoms with E-state index in [4.69, 9.17) is 0 Å². The van der Waals surface area contributed by atoms with Gasteiger partial charge in [-0.15, -0.1) is 11.3 Å². The third-order valence-corrected chi connectivity index (χ3v) is 11.7. The zero-order valence-electron chi connectivity index (χ0n) is 24.6. The van der Waals surface area contributed by atoms with Crippen molar-refractivity contribution in [3.63, 3.8) is 0 Å². The van der Waals surface area contributed by atoms with Gasteiger partial charge in [0.05, 0.1) is 15.8 Å². The second-order valence-electron chi connectivity index (χ2n) is 13.4. The molecule has 1 N–H and O–H groups in total. The highest BCUT2D eigenvalue weighted by atomic mass is 32.1. The summed E-state index contributed by atoms with van der Waals surface area (Å²) in [5.74, 6) is 0. The molecule has 2 aliphatic heterocycles. The monoisotopic (exact) mass is 569 g/mol. The Kier molecular flexibility index (Phi) is 4.50.